The van der Waals surface area contributed by atoms with Gasteiger partial charge in [-0.2, -0.15) is 0 Å². The minimum atomic E-state index is -0.450. The van der Waals surface area contributed by atoms with Crippen LogP contribution >= 0.6 is 0 Å². The number of hydrogen-bond acceptors (Lipinski definition) is 5. The van der Waals surface area contributed by atoms with Crippen LogP contribution in [0.2, 0.25) is 0 Å². The molecule has 5 nitrogen and oxygen atoms in total. The lowest BCUT2D eigenvalue weighted by Gasteiger charge is -2.23. The molecule has 1 heterocycles. The third-order valence-corrected chi connectivity index (χ3v) is 3.20. The Morgan fingerprint density at radius 3 is 2.78 bits per heavy atom. The predicted octanol–water partition coefficient (Wildman–Crippen LogP) is 1.69. The first-order valence-electron chi connectivity index (χ1n) is 6.40. The third kappa shape index (κ3) is 4.64. The Labute approximate surface area is 108 Å². The normalized spacial score (nSPS) is 20.4. The quantitative estimate of drug-likeness (QED) is 0.536. The summed E-state index contributed by atoms with van der Waals surface area (Å²) in [4.78, 5) is 22.6. The van der Waals surface area contributed by atoms with Crippen LogP contribution in [0.5, 0.6) is 0 Å². The van der Waals surface area contributed by atoms with Gasteiger partial charge in [-0.05, 0) is 20.3 Å². The summed E-state index contributed by atoms with van der Waals surface area (Å²) in [7, 11) is 0. The Morgan fingerprint density at radius 2 is 2.17 bits per heavy atom. The summed E-state index contributed by atoms with van der Waals surface area (Å²) in [5.74, 6) is -0.438. The number of hydrogen-bond donors (Lipinski definition) is 0. The summed E-state index contributed by atoms with van der Waals surface area (Å²) in [5, 5.41) is 0. The summed E-state index contributed by atoms with van der Waals surface area (Å²) in [6.45, 7) is 6.62. The van der Waals surface area contributed by atoms with Gasteiger partial charge in [-0.3, -0.25) is 9.59 Å². The first-order chi connectivity index (χ1) is 8.45. The van der Waals surface area contributed by atoms with Gasteiger partial charge in [-0.15, -0.1) is 0 Å². The van der Waals surface area contributed by atoms with Crippen molar-refractivity contribution < 1.29 is 23.8 Å². The molecule has 0 aliphatic carbocycles. The second-order valence-corrected chi connectivity index (χ2v) is 5.08. The number of ether oxygens (including phenoxy) is 3. The van der Waals surface area contributed by atoms with Gasteiger partial charge >= 0.3 is 11.9 Å². The van der Waals surface area contributed by atoms with Crippen LogP contribution in [0, 0.1) is 5.41 Å². The fourth-order valence-electron chi connectivity index (χ4n) is 1.48. The van der Waals surface area contributed by atoms with E-state index in [1.807, 2.05) is 20.8 Å². The van der Waals surface area contributed by atoms with Gasteiger partial charge in [-0.25, -0.2) is 0 Å². The predicted molar refractivity (Wildman–Crippen MR) is 65.0 cm³/mol. The highest BCUT2D eigenvalue weighted by Crippen LogP contribution is 2.21. The molecule has 1 unspecified atom stereocenters. The van der Waals surface area contributed by atoms with Crippen LogP contribution in [-0.4, -0.2) is 37.9 Å². The molecule has 1 atom stereocenters. The standard InChI is InChI=1S/C13H22O5/c1-4-13(2,3)12(15)18-8-7-16-10-5-6-17-11(14)9-10/h10H,4-9H2,1-3H3. The van der Waals surface area contributed by atoms with Crippen molar-refractivity contribution in [1.82, 2.24) is 0 Å². The first kappa shape index (κ1) is 15.0. The average Bonchev–Trinajstić information content (AvgIpc) is 2.34. The molecule has 5 heteroatoms. The van der Waals surface area contributed by atoms with Gasteiger partial charge in [0, 0.05) is 6.42 Å². The number of cyclic esters (lactones) is 1. The maximum Gasteiger partial charge on any atom is 0.311 e. The van der Waals surface area contributed by atoms with Crippen molar-refractivity contribution in [2.75, 3.05) is 19.8 Å². The lowest BCUT2D eigenvalue weighted by atomic mass is 9.91. The fourth-order valence-corrected chi connectivity index (χ4v) is 1.48. The maximum absolute atomic E-state index is 11.6. The monoisotopic (exact) mass is 258 g/mol. The second-order valence-electron chi connectivity index (χ2n) is 5.08. The summed E-state index contributed by atoms with van der Waals surface area (Å²) in [5.41, 5.74) is -0.450. The van der Waals surface area contributed by atoms with E-state index in [0.717, 1.165) is 6.42 Å². The molecule has 0 bridgehead atoms. The van der Waals surface area contributed by atoms with Crippen molar-refractivity contribution >= 4 is 11.9 Å². The van der Waals surface area contributed by atoms with Gasteiger partial charge < -0.3 is 14.2 Å². The molecule has 0 radical (unpaired) electrons. The number of carbonyl (C=O) groups excluding carboxylic acids is 2. The van der Waals surface area contributed by atoms with Gasteiger partial charge in [0.2, 0.25) is 0 Å². The molecule has 0 spiro atoms. The Kier molecular flexibility index (Phi) is 5.59. The fraction of sp³-hybridized carbons (Fsp3) is 0.846. The van der Waals surface area contributed by atoms with Crippen LogP contribution in [0.25, 0.3) is 0 Å². The van der Waals surface area contributed by atoms with Crippen molar-refractivity contribution in [2.24, 2.45) is 5.41 Å². The van der Waals surface area contributed by atoms with Crippen molar-refractivity contribution in [3.63, 3.8) is 0 Å². The van der Waals surface area contributed by atoms with Gasteiger partial charge in [-0.1, -0.05) is 6.92 Å². The molecular formula is C13H22O5. The first-order valence-corrected chi connectivity index (χ1v) is 6.40. The molecular weight excluding hydrogens is 236 g/mol. The van der Waals surface area contributed by atoms with E-state index in [-0.39, 0.29) is 31.1 Å². The maximum atomic E-state index is 11.6. The summed E-state index contributed by atoms with van der Waals surface area (Å²) < 4.78 is 15.4. The van der Waals surface area contributed by atoms with Gasteiger partial charge in [0.25, 0.3) is 0 Å². The van der Waals surface area contributed by atoms with E-state index in [4.69, 9.17) is 14.2 Å². The lowest BCUT2D eigenvalue weighted by molar-refractivity contribution is -0.160. The molecule has 0 saturated carbocycles. The Balaban J connectivity index is 2.15. The lowest BCUT2D eigenvalue weighted by Crippen LogP contribution is -2.30. The molecule has 0 N–H and O–H groups in total. The zero-order valence-electron chi connectivity index (χ0n) is 11.4. The van der Waals surface area contributed by atoms with Gasteiger partial charge in [0.15, 0.2) is 0 Å². The molecule has 104 valence electrons. The molecule has 1 fully saturated rings. The van der Waals surface area contributed by atoms with E-state index in [9.17, 15) is 9.59 Å². The van der Waals surface area contributed by atoms with E-state index in [1.54, 1.807) is 0 Å². The summed E-state index contributed by atoms with van der Waals surface area (Å²) in [6, 6.07) is 0. The Morgan fingerprint density at radius 1 is 1.44 bits per heavy atom. The molecule has 1 aliphatic rings. The van der Waals surface area contributed by atoms with Crippen LogP contribution in [-0.2, 0) is 23.8 Å². The molecule has 1 aliphatic heterocycles. The van der Waals surface area contributed by atoms with Gasteiger partial charge in [0.1, 0.15) is 6.61 Å². The van der Waals surface area contributed by atoms with Crippen molar-refractivity contribution in [1.29, 1.82) is 0 Å². The molecule has 0 aromatic carbocycles. The zero-order valence-corrected chi connectivity index (χ0v) is 11.4. The molecule has 0 amide bonds. The van der Waals surface area contributed by atoms with Crippen LogP contribution in [0.1, 0.15) is 40.0 Å². The van der Waals surface area contributed by atoms with E-state index in [2.05, 4.69) is 0 Å². The van der Waals surface area contributed by atoms with Crippen molar-refractivity contribution in [2.45, 2.75) is 46.1 Å². The number of carbonyl (C=O) groups is 2. The largest absolute Gasteiger partial charge is 0.465 e. The topological polar surface area (TPSA) is 61.8 Å². The van der Waals surface area contributed by atoms with Crippen LogP contribution in [0.4, 0.5) is 0 Å². The van der Waals surface area contributed by atoms with Crippen LogP contribution in [0.3, 0.4) is 0 Å². The number of esters is 2. The molecule has 18 heavy (non-hydrogen) atoms. The van der Waals surface area contributed by atoms with E-state index in [1.165, 1.54) is 0 Å². The minimum Gasteiger partial charge on any atom is -0.465 e. The molecule has 0 aromatic rings. The third-order valence-electron chi connectivity index (χ3n) is 3.20. The molecule has 1 rings (SSSR count). The average molecular weight is 258 g/mol. The smallest absolute Gasteiger partial charge is 0.311 e. The highest BCUT2D eigenvalue weighted by molar-refractivity contribution is 5.75. The van der Waals surface area contributed by atoms with E-state index >= 15 is 0 Å². The van der Waals surface area contributed by atoms with Crippen molar-refractivity contribution in [3.8, 4) is 0 Å². The highest BCUT2D eigenvalue weighted by Gasteiger charge is 2.27. The van der Waals surface area contributed by atoms with Crippen LogP contribution < -0.4 is 0 Å². The zero-order chi connectivity index (χ0) is 13.6. The van der Waals surface area contributed by atoms with E-state index < -0.39 is 5.41 Å². The summed E-state index contributed by atoms with van der Waals surface area (Å²) >= 11 is 0. The van der Waals surface area contributed by atoms with Gasteiger partial charge in [0.05, 0.1) is 31.2 Å². The molecule has 1 saturated heterocycles. The Hall–Kier alpha value is -1.10. The SMILES string of the molecule is CCC(C)(C)C(=O)OCCOC1CCOC(=O)C1. The minimum absolute atomic E-state index is 0.107. The van der Waals surface area contributed by atoms with Crippen LogP contribution in [0.15, 0.2) is 0 Å². The van der Waals surface area contributed by atoms with E-state index in [0.29, 0.717) is 19.6 Å². The second kappa shape index (κ2) is 6.73. The Bertz CT molecular complexity index is 298. The highest BCUT2D eigenvalue weighted by atomic mass is 16.6. The molecule has 0 aromatic heterocycles. The summed E-state index contributed by atoms with van der Waals surface area (Å²) in [6.07, 6.45) is 1.62. The van der Waals surface area contributed by atoms with Crippen molar-refractivity contribution in [3.05, 3.63) is 0 Å². The number of rotatable bonds is 6.